The minimum absolute atomic E-state index is 0.350. The largest absolute Gasteiger partial charge is 0.397 e. The van der Waals surface area contributed by atoms with Crippen LogP contribution >= 0.6 is 11.6 Å². The second kappa shape index (κ2) is 4.76. The second-order valence-electron chi connectivity index (χ2n) is 4.50. The molecule has 0 bridgehead atoms. The number of halogens is 3. The van der Waals surface area contributed by atoms with Gasteiger partial charge in [0.15, 0.2) is 11.6 Å². The van der Waals surface area contributed by atoms with Gasteiger partial charge in [-0.1, -0.05) is 17.7 Å². The fourth-order valence-electron chi connectivity index (χ4n) is 2.09. The van der Waals surface area contributed by atoms with Crippen molar-refractivity contribution in [1.29, 1.82) is 0 Å². The van der Waals surface area contributed by atoms with Crippen molar-refractivity contribution in [2.75, 3.05) is 5.73 Å². The smallest absolute Gasteiger partial charge is 0.159 e. The molecular formula is C14H10ClF2N3. The van der Waals surface area contributed by atoms with Gasteiger partial charge in [0.05, 0.1) is 11.2 Å². The van der Waals surface area contributed by atoms with E-state index in [1.165, 1.54) is 6.07 Å². The Balaban J connectivity index is 1.98. The highest BCUT2D eigenvalue weighted by Gasteiger charge is 2.09. The Morgan fingerprint density at radius 1 is 1.15 bits per heavy atom. The van der Waals surface area contributed by atoms with E-state index >= 15 is 0 Å². The zero-order chi connectivity index (χ0) is 14.3. The van der Waals surface area contributed by atoms with Gasteiger partial charge >= 0.3 is 0 Å². The van der Waals surface area contributed by atoms with Gasteiger partial charge in [0.25, 0.3) is 0 Å². The number of anilines is 1. The third-order valence-corrected chi connectivity index (χ3v) is 3.20. The molecule has 0 amide bonds. The van der Waals surface area contributed by atoms with Gasteiger partial charge in [-0.15, -0.1) is 0 Å². The third-order valence-electron chi connectivity index (χ3n) is 2.99. The monoisotopic (exact) mass is 293 g/mol. The summed E-state index contributed by atoms with van der Waals surface area (Å²) in [7, 11) is 0. The summed E-state index contributed by atoms with van der Waals surface area (Å²) in [6.45, 7) is 0. The van der Waals surface area contributed by atoms with Crippen LogP contribution in [0.4, 0.5) is 14.5 Å². The van der Waals surface area contributed by atoms with Crippen LogP contribution in [0.3, 0.4) is 0 Å². The molecule has 3 nitrogen and oxygen atoms in total. The number of rotatable bonds is 2. The molecule has 0 spiro atoms. The summed E-state index contributed by atoms with van der Waals surface area (Å²) >= 11 is 5.91. The average molecular weight is 294 g/mol. The summed E-state index contributed by atoms with van der Waals surface area (Å²) in [4.78, 5) is 7.41. The molecule has 3 aromatic rings. The number of nitrogens with two attached hydrogens (primary N) is 1. The van der Waals surface area contributed by atoms with Crippen LogP contribution in [0.2, 0.25) is 5.02 Å². The van der Waals surface area contributed by atoms with Gasteiger partial charge in [-0.2, -0.15) is 0 Å². The van der Waals surface area contributed by atoms with E-state index in [0.717, 1.165) is 12.1 Å². The molecule has 0 unspecified atom stereocenters. The number of nitrogens with one attached hydrogen (secondary N) is 1. The number of aromatic amines is 1. The van der Waals surface area contributed by atoms with Crippen molar-refractivity contribution >= 4 is 28.3 Å². The zero-order valence-corrected chi connectivity index (χ0v) is 11.0. The van der Waals surface area contributed by atoms with Crippen molar-refractivity contribution in [2.24, 2.45) is 0 Å². The molecule has 3 rings (SSSR count). The Morgan fingerprint density at radius 2 is 1.95 bits per heavy atom. The number of nitrogens with zero attached hydrogens (tertiary/aromatic N) is 1. The molecule has 0 saturated carbocycles. The van der Waals surface area contributed by atoms with Crippen LogP contribution in [0, 0.1) is 11.6 Å². The second-order valence-corrected chi connectivity index (χ2v) is 4.94. The highest BCUT2D eigenvalue weighted by Crippen LogP contribution is 2.24. The molecule has 2 aromatic carbocycles. The van der Waals surface area contributed by atoms with Gasteiger partial charge in [-0.3, -0.25) is 0 Å². The highest BCUT2D eigenvalue weighted by atomic mass is 35.5. The normalized spacial score (nSPS) is 11.2. The first-order valence-electron chi connectivity index (χ1n) is 5.90. The van der Waals surface area contributed by atoms with Crippen LogP contribution < -0.4 is 5.73 Å². The van der Waals surface area contributed by atoms with Crippen LogP contribution in [0.5, 0.6) is 0 Å². The lowest BCUT2D eigenvalue weighted by atomic mass is 10.1. The van der Waals surface area contributed by atoms with Crippen LogP contribution in [0.25, 0.3) is 11.0 Å². The van der Waals surface area contributed by atoms with Gasteiger partial charge in [0.1, 0.15) is 11.3 Å². The summed E-state index contributed by atoms with van der Waals surface area (Å²) in [6, 6.07) is 7.10. The van der Waals surface area contributed by atoms with E-state index in [-0.39, 0.29) is 0 Å². The number of fused-ring (bicyclic) bond motifs is 1. The molecule has 1 aromatic heterocycles. The lowest BCUT2D eigenvalue weighted by molar-refractivity contribution is 0.507. The van der Waals surface area contributed by atoms with E-state index in [2.05, 4.69) is 9.97 Å². The highest BCUT2D eigenvalue weighted by molar-refractivity contribution is 6.31. The number of aromatic nitrogens is 2. The Labute approximate surface area is 118 Å². The SMILES string of the molecule is Nc1cc(Cl)cc2[nH]c(Cc3ccc(F)c(F)c3)nc12. The standard InChI is InChI=1S/C14H10ClF2N3/c15-8-5-11(18)14-12(6-8)19-13(20-14)4-7-1-2-9(16)10(17)3-7/h1-3,5-6H,4,18H2,(H,19,20). The molecule has 0 aliphatic heterocycles. The van der Waals surface area contributed by atoms with Crippen LogP contribution in [-0.2, 0) is 6.42 Å². The number of hydrogen-bond acceptors (Lipinski definition) is 2. The summed E-state index contributed by atoms with van der Waals surface area (Å²) < 4.78 is 26.0. The first kappa shape index (κ1) is 12.9. The minimum atomic E-state index is -0.874. The molecule has 0 aliphatic rings. The number of H-pyrrole nitrogens is 1. The van der Waals surface area contributed by atoms with E-state index in [4.69, 9.17) is 17.3 Å². The van der Waals surface area contributed by atoms with Gasteiger partial charge in [-0.25, -0.2) is 13.8 Å². The molecule has 0 fully saturated rings. The molecule has 0 aliphatic carbocycles. The predicted molar refractivity (Wildman–Crippen MR) is 74.7 cm³/mol. The molecule has 1 heterocycles. The predicted octanol–water partition coefficient (Wildman–Crippen LogP) is 3.67. The Hall–Kier alpha value is -2.14. The topological polar surface area (TPSA) is 54.7 Å². The van der Waals surface area contributed by atoms with E-state index in [1.807, 2.05) is 0 Å². The maximum Gasteiger partial charge on any atom is 0.159 e. The van der Waals surface area contributed by atoms with Crippen molar-refractivity contribution in [1.82, 2.24) is 9.97 Å². The van der Waals surface area contributed by atoms with Crippen molar-refractivity contribution in [3.8, 4) is 0 Å². The van der Waals surface area contributed by atoms with Crippen LogP contribution in [-0.4, -0.2) is 9.97 Å². The Bertz CT molecular complexity index is 798. The molecule has 6 heteroatoms. The first-order chi connectivity index (χ1) is 9.52. The lowest BCUT2D eigenvalue weighted by Crippen LogP contribution is -1.93. The molecule has 20 heavy (non-hydrogen) atoms. The number of imidazole rings is 1. The fourth-order valence-corrected chi connectivity index (χ4v) is 2.31. The first-order valence-corrected chi connectivity index (χ1v) is 6.28. The van der Waals surface area contributed by atoms with E-state index < -0.39 is 11.6 Å². The number of hydrogen-bond donors (Lipinski definition) is 2. The average Bonchev–Trinajstić information content (AvgIpc) is 2.76. The minimum Gasteiger partial charge on any atom is -0.397 e. The lowest BCUT2D eigenvalue weighted by Gasteiger charge is -1.99. The zero-order valence-electron chi connectivity index (χ0n) is 10.3. The van der Waals surface area contributed by atoms with Crippen molar-refractivity contribution in [3.05, 3.63) is 58.4 Å². The Morgan fingerprint density at radius 3 is 2.70 bits per heavy atom. The van der Waals surface area contributed by atoms with E-state index in [1.54, 1.807) is 12.1 Å². The van der Waals surface area contributed by atoms with Crippen molar-refractivity contribution in [2.45, 2.75) is 6.42 Å². The molecule has 3 N–H and O–H groups in total. The van der Waals surface area contributed by atoms with Crippen LogP contribution in [0.1, 0.15) is 11.4 Å². The molecule has 0 atom stereocenters. The number of benzene rings is 2. The van der Waals surface area contributed by atoms with Crippen LogP contribution in [0.15, 0.2) is 30.3 Å². The van der Waals surface area contributed by atoms with Gasteiger partial charge in [0.2, 0.25) is 0 Å². The van der Waals surface area contributed by atoms with E-state index in [0.29, 0.717) is 39.6 Å². The van der Waals surface area contributed by atoms with E-state index in [9.17, 15) is 8.78 Å². The fraction of sp³-hybridized carbons (Fsp3) is 0.0714. The summed E-state index contributed by atoms with van der Waals surface area (Å²) in [5.41, 5.74) is 8.25. The summed E-state index contributed by atoms with van der Waals surface area (Å²) in [5.74, 6) is -1.13. The quantitative estimate of drug-likeness (QED) is 0.708. The van der Waals surface area contributed by atoms with Crippen molar-refractivity contribution in [3.63, 3.8) is 0 Å². The Kier molecular flexibility index (Phi) is 3.06. The van der Waals surface area contributed by atoms with Gasteiger partial charge in [0, 0.05) is 11.4 Å². The maximum absolute atomic E-state index is 13.2. The molecule has 102 valence electrons. The van der Waals surface area contributed by atoms with Gasteiger partial charge < -0.3 is 10.7 Å². The molecule has 0 saturated heterocycles. The van der Waals surface area contributed by atoms with Gasteiger partial charge in [-0.05, 0) is 29.8 Å². The molecular weight excluding hydrogens is 284 g/mol. The summed E-state index contributed by atoms with van der Waals surface area (Å²) in [6.07, 6.45) is 0.350. The maximum atomic E-state index is 13.2. The third kappa shape index (κ3) is 2.32. The summed E-state index contributed by atoms with van der Waals surface area (Å²) in [5, 5.41) is 0.512. The number of nitrogen functional groups attached to an aromatic ring is 1. The molecule has 0 radical (unpaired) electrons. The van der Waals surface area contributed by atoms with Crippen molar-refractivity contribution < 1.29 is 8.78 Å².